The lowest BCUT2D eigenvalue weighted by Crippen LogP contribution is -2.53. The van der Waals surface area contributed by atoms with Crippen LogP contribution in [0.5, 0.6) is 0 Å². The second-order valence-electron chi connectivity index (χ2n) is 6.01. The fourth-order valence-corrected chi connectivity index (χ4v) is 2.43. The quantitative estimate of drug-likeness (QED) is 0.754. The number of nitrogens with one attached hydrogen (secondary N) is 2. The van der Waals surface area contributed by atoms with Gasteiger partial charge in [0.05, 0.1) is 5.41 Å². The molecular formula is C13H25N3O. The maximum absolute atomic E-state index is 12.2. The lowest BCUT2D eigenvalue weighted by Gasteiger charge is -2.36. The second-order valence-corrected chi connectivity index (χ2v) is 6.01. The van der Waals surface area contributed by atoms with E-state index in [0.717, 1.165) is 45.6 Å². The predicted molar refractivity (Wildman–Crippen MR) is 68.9 cm³/mol. The van der Waals surface area contributed by atoms with Crippen molar-refractivity contribution in [2.75, 3.05) is 32.7 Å². The minimum absolute atomic E-state index is 0.223. The number of amides is 1. The topological polar surface area (TPSA) is 44.4 Å². The molecule has 2 aliphatic rings. The molecule has 0 aromatic carbocycles. The number of carbonyl (C=O) groups excluding carboxylic acids is 1. The van der Waals surface area contributed by atoms with E-state index in [-0.39, 0.29) is 11.3 Å². The molecule has 1 aliphatic carbocycles. The molecule has 4 heteroatoms. The maximum atomic E-state index is 12.2. The smallest absolute Gasteiger partial charge is 0.227 e. The van der Waals surface area contributed by atoms with Gasteiger partial charge in [-0.2, -0.15) is 0 Å². The molecule has 0 atom stereocenters. The summed E-state index contributed by atoms with van der Waals surface area (Å²) < 4.78 is 0. The molecule has 1 amide bonds. The summed E-state index contributed by atoms with van der Waals surface area (Å²) in [5.41, 5.74) is -0.271. The van der Waals surface area contributed by atoms with E-state index in [1.807, 2.05) is 0 Å². The van der Waals surface area contributed by atoms with E-state index < -0.39 is 0 Å². The van der Waals surface area contributed by atoms with Gasteiger partial charge in [-0.05, 0) is 33.1 Å². The Balaban J connectivity index is 1.80. The zero-order chi connectivity index (χ0) is 12.3. The predicted octanol–water partition coefficient (Wildman–Crippen LogP) is 0.587. The van der Waals surface area contributed by atoms with Gasteiger partial charge in [0.2, 0.25) is 5.91 Å². The first-order valence-corrected chi connectivity index (χ1v) is 6.82. The number of piperazine rings is 1. The van der Waals surface area contributed by atoms with Crippen molar-refractivity contribution in [3.63, 3.8) is 0 Å². The molecule has 4 nitrogen and oxygen atoms in total. The first kappa shape index (κ1) is 12.8. The molecule has 0 aromatic rings. The average Bonchev–Trinajstić information content (AvgIpc) is 2.24. The van der Waals surface area contributed by atoms with Gasteiger partial charge in [-0.15, -0.1) is 0 Å². The minimum atomic E-state index is -0.271. The summed E-state index contributed by atoms with van der Waals surface area (Å²) >= 11 is 0. The third-order valence-corrected chi connectivity index (χ3v) is 3.88. The van der Waals surface area contributed by atoms with Crippen molar-refractivity contribution in [3.8, 4) is 0 Å². The van der Waals surface area contributed by atoms with Crippen LogP contribution in [-0.4, -0.2) is 49.6 Å². The molecule has 2 fully saturated rings. The Labute approximate surface area is 104 Å². The largest absolute Gasteiger partial charge is 0.353 e. The first-order valence-electron chi connectivity index (χ1n) is 6.82. The van der Waals surface area contributed by atoms with Crippen LogP contribution >= 0.6 is 0 Å². The summed E-state index contributed by atoms with van der Waals surface area (Å²) in [6.45, 7) is 9.18. The van der Waals surface area contributed by atoms with E-state index in [9.17, 15) is 4.79 Å². The molecule has 0 spiro atoms. The molecule has 1 saturated carbocycles. The third kappa shape index (κ3) is 3.42. The SMILES string of the molecule is CC(C)(CN1CCNCC1)C(=O)NC1CCC1. The molecule has 0 radical (unpaired) electrons. The van der Waals surface area contributed by atoms with Gasteiger partial charge in [-0.3, -0.25) is 9.69 Å². The van der Waals surface area contributed by atoms with E-state index in [0.29, 0.717) is 6.04 Å². The summed E-state index contributed by atoms with van der Waals surface area (Å²) in [5.74, 6) is 0.223. The van der Waals surface area contributed by atoms with Crippen molar-refractivity contribution in [2.45, 2.75) is 39.2 Å². The van der Waals surface area contributed by atoms with Gasteiger partial charge in [0, 0.05) is 38.8 Å². The van der Waals surface area contributed by atoms with Crippen LogP contribution in [0.25, 0.3) is 0 Å². The highest BCUT2D eigenvalue weighted by molar-refractivity contribution is 5.82. The van der Waals surface area contributed by atoms with Crippen molar-refractivity contribution in [1.82, 2.24) is 15.5 Å². The number of rotatable bonds is 4. The fraction of sp³-hybridized carbons (Fsp3) is 0.923. The zero-order valence-corrected chi connectivity index (χ0v) is 11.1. The van der Waals surface area contributed by atoms with Crippen LogP contribution in [0.1, 0.15) is 33.1 Å². The minimum Gasteiger partial charge on any atom is -0.353 e. The van der Waals surface area contributed by atoms with Crippen LogP contribution < -0.4 is 10.6 Å². The van der Waals surface area contributed by atoms with Crippen LogP contribution in [0, 0.1) is 5.41 Å². The van der Waals surface area contributed by atoms with E-state index in [1.54, 1.807) is 0 Å². The molecule has 1 heterocycles. The molecule has 1 saturated heterocycles. The van der Waals surface area contributed by atoms with Crippen molar-refractivity contribution >= 4 is 5.91 Å². The molecule has 17 heavy (non-hydrogen) atoms. The van der Waals surface area contributed by atoms with Gasteiger partial charge in [-0.25, -0.2) is 0 Å². The van der Waals surface area contributed by atoms with E-state index in [2.05, 4.69) is 29.4 Å². The van der Waals surface area contributed by atoms with Crippen molar-refractivity contribution in [1.29, 1.82) is 0 Å². The molecular weight excluding hydrogens is 214 g/mol. The molecule has 98 valence electrons. The van der Waals surface area contributed by atoms with Crippen LogP contribution in [-0.2, 0) is 4.79 Å². The Kier molecular flexibility index (Phi) is 4.05. The normalized spacial score (nSPS) is 23.2. The Morgan fingerprint density at radius 3 is 2.53 bits per heavy atom. The third-order valence-electron chi connectivity index (χ3n) is 3.88. The second kappa shape index (κ2) is 5.36. The first-order chi connectivity index (χ1) is 8.08. The zero-order valence-electron chi connectivity index (χ0n) is 11.1. The summed E-state index contributed by atoms with van der Waals surface area (Å²) in [6, 6.07) is 0.449. The summed E-state index contributed by atoms with van der Waals surface area (Å²) in [7, 11) is 0. The highest BCUT2D eigenvalue weighted by Crippen LogP contribution is 2.22. The van der Waals surface area contributed by atoms with Crippen molar-refractivity contribution in [3.05, 3.63) is 0 Å². The Morgan fingerprint density at radius 1 is 1.35 bits per heavy atom. The number of hydrogen-bond donors (Lipinski definition) is 2. The van der Waals surface area contributed by atoms with Crippen molar-refractivity contribution in [2.24, 2.45) is 5.41 Å². The Hall–Kier alpha value is -0.610. The van der Waals surface area contributed by atoms with Crippen LogP contribution in [0.4, 0.5) is 0 Å². The van der Waals surface area contributed by atoms with Gasteiger partial charge >= 0.3 is 0 Å². The van der Waals surface area contributed by atoms with Crippen LogP contribution in [0.2, 0.25) is 0 Å². The van der Waals surface area contributed by atoms with Crippen LogP contribution in [0.15, 0.2) is 0 Å². The Morgan fingerprint density at radius 2 is 2.00 bits per heavy atom. The number of nitrogens with zero attached hydrogens (tertiary/aromatic N) is 1. The standard InChI is InChI=1S/C13H25N3O/c1-13(2,10-16-8-6-14-7-9-16)12(17)15-11-4-3-5-11/h11,14H,3-10H2,1-2H3,(H,15,17). The van der Waals surface area contributed by atoms with Gasteiger partial charge in [0.1, 0.15) is 0 Å². The molecule has 2 N–H and O–H groups in total. The number of carbonyl (C=O) groups is 1. The maximum Gasteiger partial charge on any atom is 0.227 e. The summed E-state index contributed by atoms with van der Waals surface area (Å²) in [5, 5.41) is 6.50. The van der Waals surface area contributed by atoms with Gasteiger partial charge < -0.3 is 10.6 Å². The Bertz CT molecular complexity index is 268. The lowest BCUT2D eigenvalue weighted by atomic mass is 9.88. The molecule has 1 aliphatic heterocycles. The molecule has 0 bridgehead atoms. The lowest BCUT2D eigenvalue weighted by molar-refractivity contribution is -0.131. The highest BCUT2D eigenvalue weighted by Gasteiger charge is 2.32. The van der Waals surface area contributed by atoms with E-state index in [1.165, 1.54) is 6.42 Å². The monoisotopic (exact) mass is 239 g/mol. The molecule has 2 rings (SSSR count). The molecule has 0 unspecified atom stereocenters. The van der Waals surface area contributed by atoms with Crippen LogP contribution in [0.3, 0.4) is 0 Å². The number of hydrogen-bond acceptors (Lipinski definition) is 3. The van der Waals surface area contributed by atoms with E-state index in [4.69, 9.17) is 0 Å². The fourth-order valence-electron chi connectivity index (χ4n) is 2.43. The van der Waals surface area contributed by atoms with Gasteiger partial charge in [0.25, 0.3) is 0 Å². The summed E-state index contributed by atoms with van der Waals surface area (Å²) in [4.78, 5) is 14.6. The highest BCUT2D eigenvalue weighted by atomic mass is 16.2. The van der Waals surface area contributed by atoms with Gasteiger partial charge in [0.15, 0.2) is 0 Å². The summed E-state index contributed by atoms with van der Waals surface area (Å²) in [6.07, 6.45) is 3.59. The van der Waals surface area contributed by atoms with E-state index >= 15 is 0 Å². The average molecular weight is 239 g/mol. The van der Waals surface area contributed by atoms with Gasteiger partial charge in [-0.1, -0.05) is 0 Å². The molecule has 0 aromatic heterocycles. The van der Waals surface area contributed by atoms with Crippen molar-refractivity contribution < 1.29 is 4.79 Å².